The second-order valence-electron chi connectivity index (χ2n) is 4.22. The molecule has 0 atom stereocenters. The Morgan fingerprint density at radius 1 is 1.00 bits per heavy atom. The lowest BCUT2D eigenvalue weighted by atomic mass is 9.94. The van der Waals surface area contributed by atoms with E-state index < -0.39 is 0 Å². The van der Waals surface area contributed by atoms with Crippen LogP contribution in [0.2, 0.25) is 0 Å². The van der Waals surface area contributed by atoms with Gasteiger partial charge in [0.25, 0.3) is 0 Å². The molecule has 16 heavy (non-hydrogen) atoms. The Morgan fingerprint density at radius 3 is 2.19 bits per heavy atom. The van der Waals surface area contributed by atoms with E-state index in [9.17, 15) is 8.78 Å². The minimum absolute atomic E-state index is 0.0999. The molecular formula is C14H14F2. The summed E-state index contributed by atoms with van der Waals surface area (Å²) in [5.41, 5.74) is 3.11. The Kier molecular flexibility index (Phi) is 2.90. The largest absolute Gasteiger partial charge is 0.212 e. The van der Waals surface area contributed by atoms with Gasteiger partial charge in [-0.05, 0) is 60.7 Å². The standard InChI is InChI=1S/C14H14F2/c1-9-6-12(7-10(2)14(9)16)11-4-3-5-13(15)8-11/h4-7H,3,8H2,1-2H3. The van der Waals surface area contributed by atoms with Crippen LogP contribution in [-0.2, 0) is 0 Å². The van der Waals surface area contributed by atoms with Gasteiger partial charge in [-0.25, -0.2) is 8.78 Å². The first-order chi connectivity index (χ1) is 7.58. The second kappa shape index (κ2) is 4.20. The normalized spacial score (nSPS) is 15.8. The van der Waals surface area contributed by atoms with Crippen LogP contribution < -0.4 is 0 Å². The molecule has 0 unspecified atom stereocenters. The maximum Gasteiger partial charge on any atom is 0.129 e. The van der Waals surface area contributed by atoms with Gasteiger partial charge in [-0.15, -0.1) is 0 Å². The molecule has 84 valence electrons. The highest BCUT2D eigenvalue weighted by Gasteiger charge is 2.11. The third-order valence-corrected chi connectivity index (χ3v) is 2.87. The van der Waals surface area contributed by atoms with E-state index in [2.05, 4.69) is 0 Å². The van der Waals surface area contributed by atoms with Gasteiger partial charge < -0.3 is 0 Å². The minimum Gasteiger partial charge on any atom is -0.212 e. The first kappa shape index (κ1) is 11.1. The summed E-state index contributed by atoms with van der Waals surface area (Å²) in [4.78, 5) is 0. The Hall–Kier alpha value is -1.44. The number of rotatable bonds is 1. The zero-order chi connectivity index (χ0) is 11.7. The lowest BCUT2D eigenvalue weighted by molar-refractivity contribution is 0.607. The maximum atomic E-state index is 13.4. The quantitative estimate of drug-likeness (QED) is 0.654. The zero-order valence-electron chi connectivity index (χ0n) is 9.48. The van der Waals surface area contributed by atoms with Crippen LogP contribution in [0.5, 0.6) is 0 Å². The summed E-state index contributed by atoms with van der Waals surface area (Å²) in [5.74, 6) is -0.270. The Morgan fingerprint density at radius 2 is 1.62 bits per heavy atom. The van der Waals surface area contributed by atoms with Gasteiger partial charge in [-0.1, -0.05) is 6.08 Å². The van der Waals surface area contributed by atoms with Crippen LogP contribution in [0.1, 0.15) is 29.5 Å². The molecule has 0 fully saturated rings. The van der Waals surface area contributed by atoms with Crippen LogP contribution in [-0.4, -0.2) is 0 Å². The molecule has 0 saturated heterocycles. The Balaban J connectivity index is 2.39. The van der Waals surface area contributed by atoms with Crippen molar-refractivity contribution < 1.29 is 8.78 Å². The summed E-state index contributed by atoms with van der Waals surface area (Å²) in [6, 6.07) is 3.57. The first-order valence-electron chi connectivity index (χ1n) is 5.38. The zero-order valence-corrected chi connectivity index (χ0v) is 9.48. The van der Waals surface area contributed by atoms with Crippen molar-refractivity contribution >= 4 is 5.57 Å². The molecule has 1 aliphatic carbocycles. The summed E-state index contributed by atoms with van der Waals surface area (Å²) < 4.78 is 26.6. The fraction of sp³-hybridized carbons (Fsp3) is 0.286. The predicted molar refractivity (Wildman–Crippen MR) is 62.3 cm³/mol. The number of benzene rings is 1. The van der Waals surface area contributed by atoms with Crippen molar-refractivity contribution in [3.05, 3.63) is 52.6 Å². The molecule has 0 saturated carbocycles. The van der Waals surface area contributed by atoms with Crippen molar-refractivity contribution in [1.29, 1.82) is 0 Å². The molecule has 2 heteroatoms. The number of hydrogen-bond donors (Lipinski definition) is 0. The molecule has 0 spiro atoms. The first-order valence-corrected chi connectivity index (χ1v) is 5.38. The van der Waals surface area contributed by atoms with Crippen LogP contribution in [0, 0.1) is 19.7 Å². The second-order valence-corrected chi connectivity index (χ2v) is 4.22. The molecular weight excluding hydrogens is 206 g/mol. The van der Waals surface area contributed by atoms with Crippen LogP contribution >= 0.6 is 0 Å². The molecule has 0 amide bonds. The molecule has 1 aromatic carbocycles. The van der Waals surface area contributed by atoms with E-state index in [1.807, 2.05) is 6.08 Å². The molecule has 0 aromatic heterocycles. The number of allylic oxidation sites excluding steroid dienone is 4. The van der Waals surface area contributed by atoms with E-state index >= 15 is 0 Å². The monoisotopic (exact) mass is 220 g/mol. The highest BCUT2D eigenvalue weighted by atomic mass is 19.1. The van der Waals surface area contributed by atoms with E-state index in [1.54, 1.807) is 32.1 Å². The average Bonchev–Trinajstić information content (AvgIpc) is 2.25. The number of aryl methyl sites for hydroxylation is 2. The van der Waals surface area contributed by atoms with Crippen molar-refractivity contribution in [2.75, 3.05) is 0 Å². The minimum atomic E-state index is -0.170. The molecule has 0 N–H and O–H groups in total. The smallest absolute Gasteiger partial charge is 0.129 e. The molecule has 1 aromatic rings. The SMILES string of the molecule is Cc1cc(C2=CCC=C(F)C2)cc(C)c1F. The van der Waals surface area contributed by atoms with Crippen LogP contribution in [0.15, 0.2) is 30.1 Å². The maximum absolute atomic E-state index is 13.4. The Labute approximate surface area is 94.3 Å². The molecule has 0 radical (unpaired) electrons. The van der Waals surface area contributed by atoms with Crippen LogP contribution in [0.3, 0.4) is 0 Å². The number of halogens is 2. The van der Waals surface area contributed by atoms with Gasteiger partial charge in [0, 0.05) is 6.42 Å². The van der Waals surface area contributed by atoms with Gasteiger partial charge in [0.15, 0.2) is 0 Å². The van der Waals surface area contributed by atoms with Gasteiger partial charge in [-0.3, -0.25) is 0 Å². The van der Waals surface area contributed by atoms with E-state index in [0.29, 0.717) is 24.0 Å². The predicted octanol–water partition coefficient (Wildman–Crippen LogP) is 4.47. The highest BCUT2D eigenvalue weighted by molar-refractivity contribution is 5.69. The summed E-state index contributed by atoms with van der Waals surface area (Å²) in [5, 5.41) is 0. The third-order valence-electron chi connectivity index (χ3n) is 2.87. The summed E-state index contributed by atoms with van der Waals surface area (Å²) >= 11 is 0. The Bertz CT molecular complexity index is 459. The van der Waals surface area contributed by atoms with Gasteiger partial charge >= 0.3 is 0 Å². The van der Waals surface area contributed by atoms with Gasteiger partial charge in [0.2, 0.25) is 0 Å². The molecule has 0 heterocycles. The summed E-state index contributed by atoms with van der Waals surface area (Å²) in [6.07, 6.45) is 4.52. The third kappa shape index (κ3) is 2.06. The molecule has 0 aliphatic heterocycles. The number of hydrogen-bond acceptors (Lipinski definition) is 0. The van der Waals surface area contributed by atoms with Crippen molar-refractivity contribution in [2.24, 2.45) is 0 Å². The van der Waals surface area contributed by atoms with Gasteiger partial charge in [0.05, 0.1) is 0 Å². The molecule has 1 aliphatic rings. The van der Waals surface area contributed by atoms with Crippen molar-refractivity contribution in [3.63, 3.8) is 0 Å². The summed E-state index contributed by atoms with van der Waals surface area (Å²) in [7, 11) is 0. The fourth-order valence-electron chi connectivity index (χ4n) is 2.01. The van der Waals surface area contributed by atoms with Crippen molar-refractivity contribution in [2.45, 2.75) is 26.7 Å². The van der Waals surface area contributed by atoms with Crippen LogP contribution in [0.25, 0.3) is 5.57 Å². The van der Waals surface area contributed by atoms with E-state index in [0.717, 1.165) is 11.1 Å². The van der Waals surface area contributed by atoms with E-state index in [1.165, 1.54) is 0 Å². The molecule has 0 bridgehead atoms. The van der Waals surface area contributed by atoms with Crippen molar-refractivity contribution in [3.8, 4) is 0 Å². The van der Waals surface area contributed by atoms with E-state index in [-0.39, 0.29) is 11.6 Å². The lowest BCUT2D eigenvalue weighted by Crippen LogP contribution is -1.95. The highest BCUT2D eigenvalue weighted by Crippen LogP contribution is 2.29. The molecule has 0 nitrogen and oxygen atoms in total. The van der Waals surface area contributed by atoms with Crippen molar-refractivity contribution in [1.82, 2.24) is 0 Å². The summed E-state index contributed by atoms with van der Waals surface area (Å²) in [6.45, 7) is 3.48. The molecule has 2 rings (SSSR count). The van der Waals surface area contributed by atoms with Gasteiger partial charge in [-0.2, -0.15) is 0 Å². The topological polar surface area (TPSA) is 0 Å². The lowest BCUT2D eigenvalue weighted by Gasteiger charge is -2.13. The van der Waals surface area contributed by atoms with Crippen LogP contribution in [0.4, 0.5) is 8.78 Å². The average molecular weight is 220 g/mol. The van der Waals surface area contributed by atoms with E-state index in [4.69, 9.17) is 0 Å². The van der Waals surface area contributed by atoms with Gasteiger partial charge in [0.1, 0.15) is 11.6 Å². The fourth-order valence-corrected chi connectivity index (χ4v) is 2.01.